The van der Waals surface area contributed by atoms with Gasteiger partial charge in [0.2, 0.25) is 0 Å². The molecule has 0 aliphatic carbocycles. The predicted molar refractivity (Wildman–Crippen MR) is 88.8 cm³/mol. The van der Waals surface area contributed by atoms with Crippen molar-refractivity contribution in [2.75, 3.05) is 6.61 Å². The molecule has 0 spiro atoms. The molecule has 0 radical (unpaired) electrons. The molecule has 1 fully saturated rings. The quantitative estimate of drug-likeness (QED) is 0.883. The Labute approximate surface area is 139 Å². The number of carbonyl (C=O) groups excluding carboxylic acids is 1. The van der Waals surface area contributed by atoms with Crippen LogP contribution in [-0.4, -0.2) is 29.6 Å². The third kappa shape index (κ3) is 4.30. The van der Waals surface area contributed by atoms with Crippen LogP contribution in [0.1, 0.15) is 35.8 Å². The highest BCUT2D eigenvalue weighted by atomic mass is 32.1. The van der Waals surface area contributed by atoms with Crippen molar-refractivity contribution in [1.82, 2.24) is 10.3 Å². The number of ether oxygens (including phenoxy) is 2. The summed E-state index contributed by atoms with van der Waals surface area (Å²) in [6, 6.07) is 7.20. The number of amides is 1. The summed E-state index contributed by atoms with van der Waals surface area (Å²) in [4.78, 5) is 16.5. The lowest BCUT2D eigenvalue weighted by Crippen LogP contribution is -2.40. The Balaban J connectivity index is 1.58. The monoisotopic (exact) mass is 332 g/mol. The van der Waals surface area contributed by atoms with Gasteiger partial charge in [0.25, 0.3) is 5.91 Å². The first kappa shape index (κ1) is 16.0. The molecule has 5 nitrogen and oxygen atoms in total. The summed E-state index contributed by atoms with van der Waals surface area (Å²) in [6.07, 6.45) is 2.17. The molecule has 6 heteroatoms. The van der Waals surface area contributed by atoms with Crippen LogP contribution in [0.4, 0.5) is 0 Å². The van der Waals surface area contributed by atoms with Crippen molar-refractivity contribution in [3.05, 3.63) is 46.4 Å². The van der Waals surface area contributed by atoms with Crippen molar-refractivity contribution in [2.24, 2.45) is 0 Å². The number of hydrogen-bond donors (Lipinski definition) is 1. The Hall–Kier alpha value is -1.92. The number of hydrogen-bond acceptors (Lipinski definition) is 5. The Morgan fingerprint density at radius 2 is 2.48 bits per heavy atom. The Bertz CT molecular complexity index is 639. The van der Waals surface area contributed by atoms with Gasteiger partial charge in [-0.1, -0.05) is 6.07 Å². The molecule has 1 aliphatic heterocycles. The van der Waals surface area contributed by atoms with E-state index in [-0.39, 0.29) is 18.1 Å². The maximum Gasteiger partial charge on any atom is 0.251 e. The summed E-state index contributed by atoms with van der Waals surface area (Å²) in [6.45, 7) is 3.17. The maximum absolute atomic E-state index is 12.4. The van der Waals surface area contributed by atoms with Crippen LogP contribution in [-0.2, 0) is 11.3 Å². The molecule has 23 heavy (non-hydrogen) atoms. The second-order valence-electron chi connectivity index (χ2n) is 5.61. The zero-order chi connectivity index (χ0) is 16.1. The van der Waals surface area contributed by atoms with Crippen molar-refractivity contribution in [3.63, 3.8) is 0 Å². The zero-order valence-corrected chi connectivity index (χ0v) is 13.8. The van der Waals surface area contributed by atoms with Gasteiger partial charge in [0.1, 0.15) is 12.4 Å². The summed E-state index contributed by atoms with van der Waals surface area (Å²) in [7, 11) is 0. The van der Waals surface area contributed by atoms with Crippen LogP contribution >= 0.6 is 11.3 Å². The summed E-state index contributed by atoms with van der Waals surface area (Å²) < 4.78 is 11.3. The lowest BCUT2D eigenvalue weighted by Gasteiger charge is -2.20. The molecule has 2 atom stereocenters. The molecular weight excluding hydrogens is 312 g/mol. The van der Waals surface area contributed by atoms with E-state index in [0.29, 0.717) is 17.9 Å². The SMILES string of the molecule is CC(NC(=O)c1cccc(OCc2cscn2)c1)C1CCCO1. The summed E-state index contributed by atoms with van der Waals surface area (Å²) >= 11 is 1.53. The first-order chi connectivity index (χ1) is 11.2. The highest BCUT2D eigenvalue weighted by Crippen LogP contribution is 2.18. The topological polar surface area (TPSA) is 60.5 Å². The lowest BCUT2D eigenvalue weighted by molar-refractivity contribution is 0.0712. The van der Waals surface area contributed by atoms with Crippen LogP contribution in [0.2, 0.25) is 0 Å². The van der Waals surface area contributed by atoms with E-state index in [9.17, 15) is 4.79 Å². The van der Waals surface area contributed by atoms with E-state index in [1.807, 2.05) is 24.4 Å². The maximum atomic E-state index is 12.4. The fraction of sp³-hybridized carbons (Fsp3) is 0.412. The number of thiazole rings is 1. The minimum absolute atomic E-state index is 0.00424. The van der Waals surface area contributed by atoms with Crippen molar-refractivity contribution in [2.45, 2.75) is 38.5 Å². The fourth-order valence-corrected chi connectivity index (χ4v) is 3.12. The molecule has 1 amide bonds. The van der Waals surface area contributed by atoms with E-state index >= 15 is 0 Å². The molecular formula is C17H20N2O3S. The average molecular weight is 332 g/mol. The zero-order valence-electron chi connectivity index (χ0n) is 13.0. The van der Waals surface area contributed by atoms with Gasteiger partial charge in [-0.25, -0.2) is 4.98 Å². The van der Waals surface area contributed by atoms with Crippen LogP contribution in [0.3, 0.4) is 0 Å². The molecule has 1 aliphatic rings. The molecule has 2 aromatic rings. The number of carbonyl (C=O) groups is 1. The second kappa shape index (κ2) is 7.57. The van der Waals surface area contributed by atoms with Gasteiger partial charge in [-0.05, 0) is 38.0 Å². The number of aromatic nitrogens is 1. The van der Waals surface area contributed by atoms with Gasteiger partial charge >= 0.3 is 0 Å². The Morgan fingerprint density at radius 3 is 3.22 bits per heavy atom. The van der Waals surface area contributed by atoms with Crippen molar-refractivity contribution >= 4 is 17.2 Å². The predicted octanol–water partition coefficient (Wildman–Crippen LogP) is 3.02. The van der Waals surface area contributed by atoms with Crippen LogP contribution in [0.5, 0.6) is 5.75 Å². The highest BCUT2D eigenvalue weighted by Gasteiger charge is 2.24. The summed E-state index contributed by atoms with van der Waals surface area (Å²) in [5.41, 5.74) is 3.25. The number of benzene rings is 1. The molecule has 1 aromatic heterocycles. The molecule has 3 rings (SSSR count). The van der Waals surface area contributed by atoms with E-state index in [0.717, 1.165) is 25.1 Å². The van der Waals surface area contributed by atoms with Gasteiger partial charge < -0.3 is 14.8 Å². The van der Waals surface area contributed by atoms with Crippen LogP contribution in [0.15, 0.2) is 35.2 Å². The molecule has 2 unspecified atom stereocenters. The van der Waals surface area contributed by atoms with Gasteiger partial charge in [0, 0.05) is 17.6 Å². The third-order valence-corrected chi connectivity index (χ3v) is 4.48. The molecule has 1 aromatic carbocycles. The lowest BCUT2D eigenvalue weighted by atomic mass is 10.1. The van der Waals surface area contributed by atoms with Gasteiger partial charge in [0.05, 0.1) is 23.4 Å². The van der Waals surface area contributed by atoms with Crippen LogP contribution in [0.25, 0.3) is 0 Å². The minimum Gasteiger partial charge on any atom is -0.487 e. The molecule has 122 valence electrons. The van der Waals surface area contributed by atoms with Gasteiger partial charge in [-0.3, -0.25) is 4.79 Å². The van der Waals surface area contributed by atoms with E-state index < -0.39 is 0 Å². The van der Waals surface area contributed by atoms with E-state index in [4.69, 9.17) is 9.47 Å². The van der Waals surface area contributed by atoms with Crippen LogP contribution in [0, 0.1) is 0 Å². The highest BCUT2D eigenvalue weighted by molar-refractivity contribution is 7.07. The van der Waals surface area contributed by atoms with E-state index in [2.05, 4.69) is 10.3 Å². The average Bonchev–Trinajstić information content (AvgIpc) is 3.26. The van der Waals surface area contributed by atoms with Crippen molar-refractivity contribution < 1.29 is 14.3 Å². The smallest absolute Gasteiger partial charge is 0.251 e. The van der Waals surface area contributed by atoms with Gasteiger partial charge in [0.15, 0.2) is 0 Å². The largest absolute Gasteiger partial charge is 0.487 e. The first-order valence-electron chi connectivity index (χ1n) is 7.75. The molecule has 1 saturated heterocycles. The normalized spacial score (nSPS) is 18.6. The third-order valence-electron chi connectivity index (χ3n) is 3.85. The number of nitrogens with zero attached hydrogens (tertiary/aromatic N) is 1. The number of rotatable bonds is 6. The second-order valence-corrected chi connectivity index (χ2v) is 6.33. The standard InChI is InChI=1S/C17H20N2O3S/c1-12(16-6-3-7-21-16)19-17(20)13-4-2-5-15(8-13)22-9-14-10-23-11-18-14/h2,4-5,8,10-12,16H,3,6-7,9H2,1H3,(H,19,20). The van der Waals surface area contributed by atoms with Crippen molar-refractivity contribution in [1.29, 1.82) is 0 Å². The summed E-state index contributed by atoms with van der Waals surface area (Å²) in [5, 5.41) is 4.95. The fourth-order valence-electron chi connectivity index (χ4n) is 2.57. The van der Waals surface area contributed by atoms with Crippen LogP contribution < -0.4 is 10.1 Å². The van der Waals surface area contributed by atoms with E-state index in [1.54, 1.807) is 17.6 Å². The minimum atomic E-state index is -0.105. The van der Waals surface area contributed by atoms with Gasteiger partial charge in [-0.15, -0.1) is 11.3 Å². The van der Waals surface area contributed by atoms with E-state index in [1.165, 1.54) is 11.3 Å². The first-order valence-corrected chi connectivity index (χ1v) is 8.69. The molecule has 1 N–H and O–H groups in total. The van der Waals surface area contributed by atoms with Gasteiger partial charge in [-0.2, -0.15) is 0 Å². The Morgan fingerprint density at radius 1 is 1.57 bits per heavy atom. The molecule has 0 saturated carbocycles. The van der Waals surface area contributed by atoms with Crippen molar-refractivity contribution in [3.8, 4) is 5.75 Å². The molecule has 2 heterocycles. The number of nitrogens with one attached hydrogen (secondary N) is 1. The molecule has 0 bridgehead atoms. The summed E-state index contributed by atoms with van der Waals surface area (Å²) in [5.74, 6) is 0.558. The Kier molecular flexibility index (Phi) is 5.25.